The van der Waals surface area contributed by atoms with Crippen molar-refractivity contribution in [3.05, 3.63) is 27.7 Å². The summed E-state index contributed by atoms with van der Waals surface area (Å²) >= 11 is 12.1. The molecule has 0 heterocycles. The molecule has 2 rings (SSSR count). The van der Waals surface area contributed by atoms with Gasteiger partial charge in [-0.05, 0) is 37.8 Å². The Morgan fingerprint density at radius 3 is 2.43 bits per heavy atom. The Hall–Kier alpha value is -0.770. The van der Waals surface area contributed by atoms with Crippen LogP contribution >= 0.6 is 23.2 Å². The van der Waals surface area contributed by atoms with Gasteiger partial charge in [0, 0.05) is 11.6 Å². The van der Waals surface area contributed by atoms with Crippen molar-refractivity contribution in [1.82, 2.24) is 4.72 Å². The van der Waals surface area contributed by atoms with Crippen molar-refractivity contribution in [1.29, 1.82) is 0 Å². The molecule has 21 heavy (non-hydrogen) atoms. The van der Waals surface area contributed by atoms with Gasteiger partial charge in [-0.3, -0.25) is 0 Å². The van der Waals surface area contributed by atoms with Gasteiger partial charge in [0.15, 0.2) is 0 Å². The van der Waals surface area contributed by atoms with Crippen molar-refractivity contribution < 1.29 is 13.5 Å². The summed E-state index contributed by atoms with van der Waals surface area (Å²) in [5.41, 5.74) is 0.452. The zero-order chi connectivity index (χ0) is 15.6. The molecule has 7 heteroatoms. The third kappa shape index (κ3) is 4.12. The molecule has 4 nitrogen and oxygen atoms in total. The van der Waals surface area contributed by atoms with Crippen molar-refractivity contribution >= 4 is 33.2 Å². The molecule has 0 bridgehead atoms. The fraction of sp³-hybridized carbons (Fsp3) is 0.429. The molecule has 1 saturated carbocycles. The van der Waals surface area contributed by atoms with Gasteiger partial charge < -0.3 is 5.11 Å². The van der Waals surface area contributed by atoms with Crippen molar-refractivity contribution in [3.63, 3.8) is 0 Å². The number of benzene rings is 1. The van der Waals surface area contributed by atoms with Crippen LogP contribution in [0.2, 0.25) is 10.0 Å². The largest absolute Gasteiger partial charge is 0.384 e. The highest BCUT2D eigenvalue weighted by Gasteiger charge is 2.32. The number of hydrogen-bond acceptors (Lipinski definition) is 3. The zero-order valence-corrected chi connectivity index (χ0v) is 13.7. The second kappa shape index (κ2) is 6.55. The maximum absolute atomic E-state index is 12.4. The quantitative estimate of drug-likeness (QED) is 0.822. The van der Waals surface area contributed by atoms with Crippen molar-refractivity contribution in [3.8, 4) is 11.8 Å². The molecular formula is C14H15Cl2NO3S. The maximum atomic E-state index is 12.4. The highest BCUT2D eigenvalue weighted by molar-refractivity contribution is 7.89. The van der Waals surface area contributed by atoms with E-state index in [1.165, 1.54) is 12.1 Å². The highest BCUT2D eigenvalue weighted by atomic mass is 35.5. The smallest absolute Gasteiger partial charge is 0.243 e. The third-order valence-electron chi connectivity index (χ3n) is 3.25. The van der Waals surface area contributed by atoms with Gasteiger partial charge >= 0.3 is 0 Å². The van der Waals surface area contributed by atoms with E-state index in [0.29, 0.717) is 11.5 Å². The van der Waals surface area contributed by atoms with E-state index in [1.807, 2.05) is 6.92 Å². The summed E-state index contributed by atoms with van der Waals surface area (Å²) < 4.78 is 27.4. The van der Waals surface area contributed by atoms with Crippen LogP contribution in [0.25, 0.3) is 0 Å². The van der Waals surface area contributed by atoms with E-state index in [2.05, 4.69) is 16.6 Å². The average Bonchev–Trinajstić information content (AvgIpc) is 3.18. The van der Waals surface area contributed by atoms with Gasteiger partial charge in [-0.15, -0.1) is 0 Å². The number of nitrogens with one attached hydrogen (secondary N) is 1. The predicted octanol–water partition coefficient (Wildman–Crippen LogP) is 2.41. The standard InChI is InChI=1S/C14H15Cl2NO3S/c1-9(11-4-5-11)17-21(19,20)14-12(15)7-10(3-2-6-18)8-13(14)16/h7-9,11,17-18H,4-6H2,1H3. The monoisotopic (exact) mass is 347 g/mol. The first-order valence-electron chi connectivity index (χ1n) is 6.46. The second-order valence-electron chi connectivity index (χ2n) is 4.98. The Labute approximate surface area is 134 Å². The molecule has 0 saturated heterocycles. The van der Waals surface area contributed by atoms with Crippen LogP contribution in [0.4, 0.5) is 0 Å². The molecule has 0 aromatic heterocycles. The molecule has 1 atom stereocenters. The number of rotatable bonds is 4. The first-order valence-corrected chi connectivity index (χ1v) is 8.70. The predicted molar refractivity (Wildman–Crippen MR) is 82.9 cm³/mol. The molecule has 2 N–H and O–H groups in total. The molecule has 114 valence electrons. The summed E-state index contributed by atoms with van der Waals surface area (Å²) in [6.45, 7) is 1.54. The normalized spacial score (nSPS) is 16.2. The molecular weight excluding hydrogens is 333 g/mol. The molecule has 1 unspecified atom stereocenters. The Morgan fingerprint density at radius 2 is 1.95 bits per heavy atom. The van der Waals surface area contributed by atoms with Crippen LogP contribution in [0.15, 0.2) is 17.0 Å². The number of aliphatic hydroxyl groups excluding tert-OH is 1. The van der Waals surface area contributed by atoms with E-state index in [9.17, 15) is 8.42 Å². The van der Waals surface area contributed by atoms with Gasteiger partial charge in [0.1, 0.15) is 11.5 Å². The van der Waals surface area contributed by atoms with E-state index in [0.717, 1.165) is 12.8 Å². The summed E-state index contributed by atoms with van der Waals surface area (Å²) in [7, 11) is -3.77. The first-order chi connectivity index (χ1) is 9.85. The molecule has 0 radical (unpaired) electrons. The van der Waals surface area contributed by atoms with Crippen LogP contribution in [-0.4, -0.2) is 26.2 Å². The van der Waals surface area contributed by atoms with Gasteiger partial charge in [0.2, 0.25) is 10.0 Å². The molecule has 1 aliphatic carbocycles. The Kier molecular flexibility index (Phi) is 5.18. The van der Waals surface area contributed by atoms with Crippen LogP contribution in [0.1, 0.15) is 25.3 Å². The van der Waals surface area contributed by atoms with Crippen LogP contribution in [-0.2, 0) is 10.0 Å². The van der Waals surface area contributed by atoms with Crippen molar-refractivity contribution in [2.75, 3.05) is 6.61 Å². The summed E-state index contributed by atoms with van der Waals surface area (Å²) in [5, 5.41) is 8.69. The van der Waals surface area contributed by atoms with E-state index in [-0.39, 0.29) is 27.6 Å². The van der Waals surface area contributed by atoms with Crippen molar-refractivity contribution in [2.45, 2.75) is 30.7 Å². The first kappa shape index (κ1) is 16.6. The molecule has 0 spiro atoms. The van der Waals surface area contributed by atoms with Gasteiger partial charge in [0.25, 0.3) is 0 Å². The van der Waals surface area contributed by atoms with Crippen LogP contribution in [0, 0.1) is 17.8 Å². The summed E-state index contributed by atoms with van der Waals surface area (Å²) in [6.07, 6.45) is 2.06. The van der Waals surface area contributed by atoms with Gasteiger partial charge in [-0.25, -0.2) is 13.1 Å². The molecule has 1 aromatic rings. The third-order valence-corrected chi connectivity index (χ3v) is 5.73. The van der Waals surface area contributed by atoms with Crippen LogP contribution in [0.5, 0.6) is 0 Å². The lowest BCUT2D eigenvalue weighted by Crippen LogP contribution is -2.34. The maximum Gasteiger partial charge on any atom is 0.243 e. The Morgan fingerprint density at radius 1 is 1.38 bits per heavy atom. The zero-order valence-electron chi connectivity index (χ0n) is 11.4. The summed E-state index contributed by atoms with van der Waals surface area (Å²) in [5.74, 6) is 5.48. The minimum absolute atomic E-state index is 0.0141. The topological polar surface area (TPSA) is 66.4 Å². The SMILES string of the molecule is CC(NS(=O)(=O)c1c(Cl)cc(C#CCO)cc1Cl)C1CC1. The minimum atomic E-state index is -3.77. The van der Waals surface area contributed by atoms with E-state index in [1.54, 1.807) is 0 Å². The molecule has 0 aliphatic heterocycles. The highest BCUT2D eigenvalue weighted by Crippen LogP contribution is 2.35. The number of aliphatic hydroxyl groups is 1. The fourth-order valence-electron chi connectivity index (χ4n) is 2.03. The summed E-state index contributed by atoms with van der Waals surface area (Å²) in [6, 6.07) is 2.70. The Balaban J connectivity index is 2.34. The van der Waals surface area contributed by atoms with E-state index in [4.69, 9.17) is 28.3 Å². The lowest BCUT2D eigenvalue weighted by Gasteiger charge is -2.15. The van der Waals surface area contributed by atoms with E-state index >= 15 is 0 Å². The molecule has 1 aromatic carbocycles. The average molecular weight is 348 g/mol. The van der Waals surface area contributed by atoms with Gasteiger partial charge in [0.05, 0.1) is 10.0 Å². The number of sulfonamides is 1. The molecule has 0 amide bonds. The minimum Gasteiger partial charge on any atom is -0.384 e. The van der Waals surface area contributed by atoms with Gasteiger partial charge in [-0.2, -0.15) is 0 Å². The fourth-order valence-corrected chi connectivity index (χ4v) is 4.55. The number of hydrogen-bond donors (Lipinski definition) is 2. The molecule has 1 fully saturated rings. The van der Waals surface area contributed by atoms with E-state index < -0.39 is 10.0 Å². The van der Waals surface area contributed by atoms with Gasteiger partial charge in [-0.1, -0.05) is 35.0 Å². The second-order valence-corrected chi connectivity index (χ2v) is 7.44. The number of halogens is 2. The lowest BCUT2D eigenvalue weighted by atomic mass is 10.2. The summed E-state index contributed by atoms with van der Waals surface area (Å²) in [4.78, 5) is -0.132. The molecule has 1 aliphatic rings. The lowest BCUT2D eigenvalue weighted by molar-refractivity contribution is 0.350. The van der Waals surface area contributed by atoms with Crippen LogP contribution < -0.4 is 4.72 Å². The Bertz CT molecular complexity index is 680. The van der Waals surface area contributed by atoms with Crippen LogP contribution in [0.3, 0.4) is 0 Å². The van der Waals surface area contributed by atoms with Crippen molar-refractivity contribution in [2.24, 2.45) is 5.92 Å².